The van der Waals surface area contributed by atoms with Gasteiger partial charge in [0.2, 0.25) is 0 Å². The molecule has 0 bridgehead atoms. The second-order valence-corrected chi connectivity index (χ2v) is 4.12. The molecule has 0 amide bonds. The fourth-order valence-corrected chi connectivity index (χ4v) is 1.60. The van der Waals surface area contributed by atoms with Gasteiger partial charge in [0.1, 0.15) is 0 Å². The first-order valence-electron chi connectivity index (χ1n) is 3.50. The van der Waals surface area contributed by atoms with Gasteiger partial charge in [0.25, 0.3) is 0 Å². The zero-order valence-electron chi connectivity index (χ0n) is 6.40. The summed E-state index contributed by atoms with van der Waals surface area (Å²) >= 11 is 4.81. The molecule has 1 nitrogen and oxygen atoms in total. The maximum atomic E-state index is 8.68. The van der Waals surface area contributed by atoms with E-state index in [0.717, 1.165) is 4.48 Å². The Morgan fingerprint density at radius 1 is 1.42 bits per heavy atom. The molecule has 0 spiro atoms. The van der Waals surface area contributed by atoms with Crippen LogP contribution >= 0.6 is 27.7 Å². The highest BCUT2D eigenvalue weighted by atomic mass is 79.9. The van der Waals surface area contributed by atoms with Crippen LogP contribution in [0.25, 0.3) is 0 Å². The average Bonchev–Trinajstić information content (AvgIpc) is 2.16. The minimum atomic E-state index is 0.0554. The molecule has 0 heterocycles. The van der Waals surface area contributed by atoms with E-state index in [1.165, 1.54) is 4.90 Å². The van der Waals surface area contributed by atoms with Gasteiger partial charge in [-0.15, -0.1) is 0 Å². The van der Waals surface area contributed by atoms with Gasteiger partial charge in [0, 0.05) is 9.38 Å². The van der Waals surface area contributed by atoms with Crippen LogP contribution in [0, 0.1) is 0 Å². The van der Waals surface area contributed by atoms with Crippen LogP contribution in [0.1, 0.15) is 0 Å². The first-order chi connectivity index (χ1) is 5.83. The summed E-state index contributed by atoms with van der Waals surface area (Å²) in [7, 11) is 0. The summed E-state index contributed by atoms with van der Waals surface area (Å²) in [4.78, 5) is 1.17. The molecular weight excluding hydrogens is 236 g/mol. The Hall–Kier alpha value is -0.250. The Kier molecular flexibility index (Phi) is 4.43. The van der Waals surface area contributed by atoms with Gasteiger partial charge in [-0.25, -0.2) is 0 Å². The maximum absolute atomic E-state index is 8.68. The molecule has 12 heavy (non-hydrogen) atoms. The van der Waals surface area contributed by atoms with Crippen LogP contribution < -0.4 is 0 Å². The van der Waals surface area contributed by atoms with Crippen LogP contribution in [0.5, 0.6) is 0 Å². The average molecular weight is 245 g/mol. The quantitative estimate of drug-likeness (QED) is 0.826. The predicted molar refractivity (Wildman–Crippen MR) is 56.4 cm³/mol. The lowest BCUT2D eigenvalue weighted by Gasteiger charge is -1.95. The Bertz CT molecular complexity index is 258. The van der Waals surface area contributed by atoms with Crippen molar-refractivity contribution in [3.63, 3.8) is 0 Å². The smallest absolute Gasteiger partial charge is 0.0752 e. The van der Waals surface area contributed by atoms with Gasteiger partial charge < -0.3 is 5.11 Å². The van der Waals surface area contributed by atoms with Gasteiger partial charge in [-0.05, 0) is 17.5 Å². The summed E-state index contributed by atoms with van der Waals surface area (Å²) in [5, 5.41) is 10.6. The molecule has 0 fully saturated rings. The molecule has 64 valence electrons. The Labute approximate surface area is 84.6 Å². The number of benzene rings is 1. The number of halogens is 1. The van der Waals surface area contributed by atoms with Crippen molar-refractivity contribution in [1.29, 1.82) is 0 Å². The molecule has 0 aliphatic heterocycles. The zero-order chi connectivity index (χ0) is 8.81. The summed E-state index contributed by atoms with van der Waals surface area (Å²) in [6.45, 7) is 0.0554. The van der Waals surface area contributed by atoms with E-state index < -0.39 is 0 Å². The molecule has 0 aliphatic rings. The molecule has 1 aromatic carbocycles. The van der Waals surface area contributed by atoms with Crippen molar-refractivity contribution in [3.8, 4) is 0 Å². The van der Waals surface area contributed by atoms with Crippen LogP contribution in [0.15, 0.2) is 45.1 Å². The highest BCUT2D eigenvalue weighted by Gasteiger charge is 1.90. The Morgan fingerprint density at radius 2 is 2.08 bits per heavy atom. The summed E-state index contributed by atoms with van der Waals surface area (Å²) < 4.78 is 0.802. The number of hydrogen-bond acceptors (Lipinski definition) is 2. The SMILES string of the molecule is OC/C(Br)=C/Sc1ccccc1. The molecule has 1 aromatic rings. The number of hydrogen-bond donors (Lipinski definition) is 1. The molecule has 0 saturated carbocycles. The van der Waals surface area contributed by atoms with Crippen LogP contribution in [0.4, 0.5) is 0 Å². The van der Waals surface area contributed by atoms with Gasteiger partial charge in [-0.2, -0.15) is 0 Å². The lowest BCUT2D eigenvalue weighted by atomic mass is 10.4. The number of rotatable bonds is 3. The van der Waals surface area contributed by atoms with E-state index in [9.17, 15) is 0 Å². The highest BCUT2D eigenvalue weighted by molar-refractivity contribution is 9.11. The van der Waals surface area contributed by atoms with E-state index in [1.54, 1.807) is 11.8 Å². The van der Waals surface area contributed by atoms with E-state index >= 15 is 0 Å². The van der Waals surface area contributed by atoms with Crippen LogP contribution in [0.3, 0.4) is 0 Å². The van der Waals surface area contributed by atoms with Crippen molar-refractivity contribution in [3.05, 3.63) is 40.2 Å². The second-order valence-electron chi connectivity index (χ2n) is 2.15. The minimum Gasteiger partial charge on any atom is -0.391 e. The summed E-state index contributed by atoms with van der Waals surface area (Å²) in [6, 6.07) is 10.0. The standard InChI is InChI=1S/C9H9BrOS/c10-8(6-11)7-12-9-4-2-1-3-5-9/h1-5,7,11H,6H2/b8-7-. The Balaban J connectivity index is 2.54. The largest absolute Gasteiger partial charge is 0.391 e. The molecule has 0 unspecified atom stereocenters. The topological polar surface area (TPSA) is 20.2 Å². The van der Waals surface area contributed by atoms with Gasteiger partial charge in [0.05, 0.1) is 6.61 Å². The molecule has 1 N–H and O–H groups in total. The fourth-order valence-electron chi connectivity index (χ4n) is 0.668. The molecule has 0 atom stereocenters. The van der Waals surface area contributed by atoms with Gasteiger partial charge in [0.15, 0.2) is 0 Å². The molecule has 0 aromatic heterocycles. The van der Waals surface area contributed by atoms with Gasteiger partial charge in [-0.3, -0.25) is 0 Å². The van der Waals surface area contributed by atoms with Crippen LogP contribution in [-0.4, -0.2) is 11.7 Å². The molecular formula is C9H9BrOS. The Morgan fingerprint density at radius 3 is 2.67 bits per heavy atom. The molecule has 0 saturated heterocycles. The van der Waals surface area contributed by atoms with Gasteiger partial charge in [-0.1, -0.05) is 45.9 Å². The van der Waals surface area contributed by atoms with Crippen molar-refractivity contribution >= 4 is 27.7 Å². The lowest BCUT2D eigenvalue weighted by Crippen LogP contribution is -1.77. The third-order valence-electron chi connectivity index (χ3n) is 1.22. The third-order valence-corrected chi connectivity index (χ3v) is 2.95. The normalized spacial score (nSPS) is 11.7. The maximum Gasteiger partial charge on any atom is 0.0752 e. The summed E-state index contributed by atoms with van der Waals surface area (Å²) in [5.41, 5.74) is 0. The predicted octanol–water partition coefficient (Wildman–Crippen LogP) is 3.01. The zero-order valence-corrected chi connectivity index (χ0v) is 8.81. The van der Waals surface area contributed by atoms with Crippen molar-refractivity contribution in [2.45, 2.75) is 4.90 Å². The van der Waals surface area contributed by atoms with Crippen LogP contribution in [-0.2, 0) is 0 Å². The van der Waals surface area contributed by atoms with Crippen molar-refractivity contribution in [2.75, 3.05) is 6.61 Å². The first kappa shape index (κ1) is 9.84. The third kappa shape index (κ3) is 3.43. The second kappa shape index (κ2) is 5.41. The highest BCUT2D eigenvalue weighted by Crippen LogP contribution is 2.21. The van der Waals surface area contributed by atoms with E-state index in [-0.39, 0.29) is 6.61 Å². The van der Waals surface area contributed by atoms with E-state index in [0.29, 0.717) is 0 Å². The summed E-state index contributed by atoms with van der Waals surface area (Å²) in [5.74, 6) is 0. The van der Waals surface area contributed by atoms with E-state index in [1.807, 2.05) is 35.7 Å². The van der Waals surface area contributed by atoms with Crippen molar-refractivity contribution in [2.24, 2.45) is 0 Å². The minimum absolute atomic E-state index is 0.0554. The number of thioether (sulfide) groups is 1. The van der Waals surface area contributed by atoms with Crippen molar-refractivity contribution in [1.82, 2.24) is 0 Å². The monoisotopic (exact) mass is 244 g/mol. The van der Waals surface area contributed by atoms with E-state index in [4.69, 9.17) is 5.11 Å². The lowest BCUT2D eigenvalue weighted by molar-refractivity contribution is 0.340. The molecule has 0 aliphatic carbocycles. The van der Waals surface area contributed by atoms with Crippen molar-refractivity contribution < 1.29 is 5.11 Å². The first-order valence-corrected chi connectivity index (χ1v) is 5.17. The van der Waals surface area contributed by atoms with Crippen LogP contribution in [0.2, 0.25) is 0 Å². The van der Waals surface area contributed by atoms with E-state index in [2.05, 4.69) is 15.9 Å². The number of aliphatic hydroxyl groups excluding tert-OH is 1. The van der Waals surface area contributed by atoms with Gasteiger partial charge >= 0.3 is 0 Å². The summed E-state index contributed by atoms with van der Waals surface area (Å²) in [6.07, 6.45) is 0. The fraction of sp³-hybridized carbons (Fsp3) is 0.111. The molecule has 1 rings (SSSR count). The molecule has 3 heteroatoms. The molecule has 0 radical (unpaired) electrons. The number of aliphatic hydroxyl groups is 1.